The van der Waals surface area contributed by atoms with Crippen LogP contribution in [0.15, 0.2) is 53.0 Å². The highest BCUT2D eigenvalue weighted by atomic mass is 79.9. The van der Waals surface area contributed by atoms with Crippen molar-refractivity contribution in [1.29, 1.82) is 0 Å². The third-order valence-electron chi connectivity index (χ3n) is 2.90. The van der Waals surface area contributed by atoms with E-state index in [4.69, 9.17) is 5.73 Å². The van der Waals surface area contributed by atoms with Crippen LogP contribution in [0.1, 0.15) is 22.0 Å². The average Bonchev–Trinajstić information content (AvgIpc) is 2.45. The van der Waals surface area contributed by atoms with Crippen molar-refractivity contribution < 1.29 is 9.90 Å². The van der Waals surface area contributed by atoms with Crippen LogP contribution in [0, 0.1) is 0 Å². The molecule has 0 saturated heterocycles. The number of carbonyl (C=O) groups excluding carboxylic acids is 1. The molecule has 0 fully saturated rings. The van der Waals surface area contributed by atoms with Crippen molar-refractivity contribution in [2.24, 2.45) is 0 Å². The van der Waals surface area contributed by atoms with E-state index in [2.05, 4.69) is 21.2 Å². The van der Waals surface area contributed by atoms with Crippen molar-refractivity contribution >= 4 is 27.5 Å². The summed E-state index contributed by atoms with van der Waals surface area (Å²) < 4.78 is 0.816. The van der Waals surface area contributed by atoms with Gasteiger partial charge in [-0.15, -0.1) is 0 Å². The van der Waals surface area contributed by atoms with E-state index in [9.17, 15) is 9.90 Å². The van der Waals surface area contributed by atoms with Crippen molar-refractivity contribution in [1.82, 2.24) is 5.32 Å². The number of carbonyl (C=O) groups is 1. The molecule has 0 aliphatic rings. The Bertz CT molecular complexity index is 602. The first kappa shape index (κ1) is 14.6. The molecule has 0 bridgehead atoms. The smallest absolute Gasteiger partial charge is 0.253 e. The predicted molar refractivity (Wildman–Crippen MR) is 82.3 cm³/mol. The Balaban J connectivity index is 1.99. The molecule has 1 unspecified atom stereocenters. The number of anilines is 1. The molecule has 0 spiro atoms. The number of aliphatic hydroxyl groups excluding tert-OH is 1. The van der Waals surface area contributed by atoms with Gasteiger partial charge in [0.15, 0.2) is 0 Å². The number of hydrogen-bond donors (Lipinski definition) is 3. The average molecular weight is 335 g/mol. The van der Waals surface area contributed by atoms with E-state index in [-0.39, 0.29) is 12.5 Å². The summed E-state index contributed by atoms with van der Waals surface area (Å²) in [5.74, 6) is -0.301. The molecular weight excluding hydrogens is 320 g/mol. The molecule has 0 aromatic heterocycles. The van der Waals surface area contributed by atoms with Gasteiger partial charge in [0.25, 0.3) is 5.91 Å². The van der Waals surface area contributed by atoms with Gasteiger partial charge < -0.3 is 16.2 Å². The lowest BCUT2D eigenvalue weighted by molar-refractivity contribution is 0.0917. The van der Waals surface area contributed by atoms with E-state index in [0.29, 0.717) is 11.3 Å². The topological polar surface area (TPSA) is 75.4 Å². The second-order valence-electron chi connectivity index (χ2n) is 4.37. The Morgan fingerprint density at radius 2 is 1.95 bits per heavy atom. The Labute approximate surface area is 125 Å². The van der Waals surface area contributed by atoms with Crippen LogP contribution in [0.3, 0.4) is 0 Å². The van der Waals surface area contributed by atoms with Crippen LogP contribution in [0.5, 0.6) is 0 Å². The van der Waals surface area contributed by atoms with Crippen molar-refractivity contribution in [3.05, 3.63) is 64.1 Å². The number of benzene rings is 2. The summed E-state index contributed by atoms with van der Waals surface area (Å²) >= 11 is 3.29. The molecule has 0 heterocycles. The summed E-state index contributed by atoms with van der Waals surface area (Å²) in [6, 6.07) is 14.2. The zero-order chi connectivity index (χ0) is 14.5. The number of nitrogen functional groups attached to an aromatic ring is 1. The molecule has 2 aromatic rings. The highest BCUT2D eigenvalue weighted by Gasteiger charge is 2.12. The van der Waals surface area contributed by atoms with Gasteiger partial charge in [0.1, 0.15) is 0 Å². The third-order valence-corrected chi connectivity index (χ3v) is 3.39. The number of aliphatic hydroxyl groups is 1. The largest absolute Gasteiger partial charge is 0.398 e. The minimum atomic E-state index is -0.739. The predicted octanol–water partition coefficient (Wildman–Crippen LogP) is 2.49. The summed E-state index contributed by atoms with van der Waals surface area (Å²) in [6.07, 6.45) is -0.739. The molecule has 2 rings (SSSR count). The van der Waals surface area contributed by atoms with Gasteiger partial charge in [0.05, 0.1) is 11.7 Å². The van der Waals surface area contributed by atoms with Gasteiger partial charge in [-0.05, 0) is 23.8 Å². The number of halogens is 1. The van der Waals surface area contributed by atoms with Gasteiger partial charge in [-0.3, -0.25) is 4.79 Å². The molecular formula is C15H15BrN2O2. The van der Waals surface area contributed by atoms with E-state index >= 15 is 0 Å². The monoisotopic (exact) mass is 334 g/mol. The summed E-state index contributed by atoms with van der Waals surface area (Å²) in [5.41, 5.74) is 7.34. The van der Waals surface area contributed by atoms with Gasteiger partial charge in [-0.1, -0.05) is 46.3 Å². The molecule has 5 heteroatoms. The van der Waals surface area contributed by atoms with Crippen molar-refractivity contribution in [2.45, 2.75) is 6.10 Å². The normalized spacial score (nSPS) is 11.9. The van der Waals surface area contributed by atoms with E-state index in [1.807, 2.05) is 30.3 Å². The van der Waals surface area contributed by atoms with Crippen LogP contribution >= 0.6 is 15.9 Å². The standard InChI is InChI=1S/C15H15BrN2O2/c16-11-6-7-12(13(17)8-11)15(20)18-9-14(19)10-4-2-1-3-5-10/h1-8,14,19H,9,17H2,(H,18,20). The van der Waals surface area contributed by atoms with Gasteiger partial charge in [-0.2, -0.15) is 0 Å². The van der Waals surface area contributed by atoms with Crippen molar-refractivity contribution in [3.8, 4) is 0 Å². The molecule has 4 nitrogen and oxygen atoms in total. The summed E-state index contributed by atoms with van der Waals surface area (Å²) in [7, 11) is 0. The van der Waals surface area contributed by atoms with Gasteiger partial charge in [0, 0.05) is 16.7 Å². The van der Waals surface area contributed by atoms with Crippen LogP contribution in [0.2, 0.25) is 0 Å². The minimum absolute atomic E-state index is 0.137. The fourth-order valence-corrected chi connectivity index (χ4v) is 2.20. The fraction of sp³-hybridized carbons (Fsp3) is 0.133. The number of rotatable bonds is 4. The summed E-state index contributed by atoms with van der Waals surface area (Å²) in [4.78, 5) is 12.0. The second kappa shape index (κ2) is 6.54. The highest BCUT2D eigenvalue weighted by Crippen LogP contribution is 2.18. The Morgan fingerprint density at radius 1 is 1.25 bits per heavy atom. The Kier molecular flexibility index (Phi) is 4.76. The molecule has 0 radical (unpaired) electrons. The maximum atomic E-state index is 12.0. The highest BCUT2D eigenvalue weighted by molar-refractivity contribution is 9.10. The summed E-state index contributed by atoms with van der Waals surface area (Å²) in [5, 5.41) is 12.6. The quantitative estimate of drug-likeness (QED) is 0.752. The minimum Gasteiger partial charge on any atom is -0.398 e. The van der Waals surface area contributed by atoms with Gasteiger partial charge in [0.2, 0.25) is 0 Å². The third kappa shape index (κ3) is 3.59. The van der Waals surface area contributed by atoms with Crippen LogP contribution < -0.4 is 11.1 Å². The number of nitrogens with two attached hydrogens (primary N) is 1. The first-order chi connectivity index (χ1) is 9.58. The van der Waals surface area contributed by atoms with E-state index in [1.54, 1.807) is 18.2 Å². The lowest BCUT2D eigenvalue weighted by atomic mass is 10.1. The molecule has 0 aliphatic heterocycles. The van der Waals surface area contributed by atoms with E-state index in [0.717, 1.165) is 10.0 Å². The van der Waals surface area contributed by atoms with Crippen molar-refractivity contribution in [2.75, 3.05) is 12.3 Å². The summed E-state index contributed by atoms with van der Waals surface area (Å²) in [6.45, 7) is 0.137. The number of amides is 1. The van der Waals surface area contributed by atoms with E-state index < -0.39 is 6.10 Å². The zero-order valence-electron chi connectivity index (χ0n) is 10.7. The van der Waals surface area contributed by atoms with Crippen LogP contribution in [0.25, 0.3) is 0 Å². The van der Waals surface area contributed by atoms with Crippen molar-refractivity contribution in [3.63, 3.8) is 0 Å². The maximum absolute atomic E-state index is 12.0. The molecule has 0 saturated carbocycles. The number of nitrogens with one attached hydrogen (secondary N) is 1. The molecule has 0 aliphatic carbocycles. The maximum Gasteiger partial charge on any atom is 0.253 e. The second-order valence-corrected chi connectivity index (χ2v) is 5.28. The lowest BCUT2D eigenvalue weighted by Gasteiger charge is -2.13. The Morgan fingerprint density at radius 3 is 2.60 bits per heavy atom. The Hall–Kier alpha value is -1.85. The van der Waals surface area contributed by atoms with E-state index in [1.165, 1.54) is 0 Å². The van der Waals surface area contributed by atoms with Crippen LogP contribution in [-0.4, -0.2) is 17.6 Å². The zero-order valence-corrected chi connectivity index (χ0v) is 12.3. The molecule has 20 heavy (non-hydrogen) atoms. The van der Waals surface area contributed by atoms with Crippen LogP contribution in [-0.2, 0) is 0 Å². The number of hydrogen-bond acceptors (Lipinski definition) is 3. The lowest BCUT2D eigenvalue weighted by Crippen LogP contribution is -2.29. The molecule has 104 valence electrons. The SMILES string of the molecule is Nc1cc(Br)ccc1C(=O)NCC(O)c1ccccc1. The fourth-order valence-electron chi connectivity index (χ4n) is 1.82. The molecule has 1 amide bonds. The first-order valence-electron chi connectivity index (χ1n) is 6.14. The molecule has 4 N–H and O–H groups in total. The molecule has 2 aromatic carbocycles. The van der Waals surface area contributed by atoms with Gasteiger partial charge >= 0.3 is 0 Å². The van der Waals surface area contributed by atoms with Crippen LogP contribution in [0.4, 0.5) is 5.69 Å². The molecule has 1 atom stereocenters. The van der Waals surface area contributed by atoms with Gasteiger partial charge in [-0.25, -0.2) is 0 Å². The first-order valence-corrected chi connectivity index (χ1v) is 6.93.